The van der Waals surface area contributed by atoms with E-state index in [2.05, 4.69) is 54.6 Å². The highest BCUT2D eigenvalue weighted by Gasteiger charge is 2.37. The summed E-state index contributed by atoms with van der Waals surface area (Å²) in [5, 5.41) is 1.19. The van der Waals surface area contributed by atoms with Crippen molar-refractivity contribution in [2.24, 2.45) is 11.8 Å². The van der Waals surface area contributed by atoms with Gasteiger partial charge in [0.25, 0.3) is 0 Å². The minimum Gasteiger partial charge on any atom is -0.343 e. The van der Waals surface area contributed by atoms with Crippen LogP contribution in [0.25, 0.3) is 16.5 Å². The van der Waals surface area contributed by atoms with Gasteiger partial charge >= 0.3 is 0 Å². The number of nitrogens with zero attached hydrogens (tertiary/aromatic N) is 3. The molecule has 2 aliphatic carbocycles. The van der Waals surface area contributed by atoms with E-state index in [1.807, 2.05) is 23.3 Å². The molecule has 162 valence electrons. The Labute approximate surface area is 184 Å². The lowest BCUT2D eigenvalue weighted by atomic mass is 9.79. The third-order valence-corrected chi connectivity index (χ3v) is 7.38. The van der Waals surface area contributed by atoms with Crippen LogP contribution in [0.3, 0.4) is 0 Å². The molecule has 1 aromatic heterocycles. The number of likely N-dealkylation sites (N-methyl/N-ethyl adjacent to an activating group) is 1. The van der Waals surface area contributed by atoms with E-state index in [4.69, 9.17) is 0 Å². The van der Waals surface area contributed by atoms with Crippen LogP contribution >= 0.6 is 0 Å². The van der Waals surface area contributed by atoms with Gasteiger partial charge < -0.3 is 4.90 Å². The van der Waals surface area contributed by atoms with Crippen molar-refractivity contribution in [2.45, 2.75) is 39.2 Å². The molecule has 0 spiro atoms. The summed E-state index contributed by atoms with van der Waals surface area (Å²) >= 11 is 0. The van der Waals surface area contributed by atoms with Crippen LogP contribution < -0.4 is 0 Å². The Kier molecular flexibility index (Phi) is 5.09. The van der Waals surface area contributed by atoms with E-state index >= 15 is 0 Å². The predicted molar refractivity (Wildman–Crippen MR) is 124 cm³/mol. The van der Waals surface area contributed by atoms with Crippen molar-refractivity contribution in [1.29, 1.82) is 0 Å². The summed E-state index contributed by atoms with van der Waals surface area (Å²) in [6.07, 6.45) is 11.1. The summed E-state index contributed by atoms with van der Waals surface area (Å²) in [7, 11) is 2.12. The number of allylic oxidation sites excluding steroid dienone is 2. The first-order valence-electron chi connectivity index (χ1n) is 11.6. The number of fused-ring (bicyclic) bond motifs is 2. The van der Waals surface area contributed by atoms with E-state index in [0.717, 1.165) is 44.4 Å². The Hall–Kier alpha value is -2.66. The second kappa shape index (κ2) is 7.79. The van der Waals surface area contributed by atoms with Gasteiger partial charge in [0.1, 0.15) is 0 Å². The van der Waals surface area contributed by atoms with Gasteiger partial charge in [0.15, 0.2) is 0 Å². The highest BCUT2D eigenvalue weighted by molar-refractivity contribution is 6.03. The average molecular weight is 418 g/mol. The molecule has 0 saturated heterocycles. The van der Waals surface area contributed by atoms with Gasteiger partial charge in [-0.1, -0.05) is 30.4 Å². The smallest absolute Gasteiger partial charge is 0.234 e. The maximum Gasteiger partial charge on any atom is 0.234 e. The molecule has 2 heterocycles. The van der Waals surface area contributed by atoms with Crippen LogP contribution in [-0.2, 0) is 11.2 Å². The van der Waals surface area contributed by atoms with Crippen molar-refractivity contribution in [3.63, 3.8) is 0 Å². The van der Waals surface area contributed by atoms with E-state index < -0.39 is 0 Å². The van der Waals surface area contributed by atoms with Crippen molar-refractivity contribution in [3.05, 3.63) is 53.8 Å². The quantitative estimate of drug-likeness (QED) is 0.707. The fourth-order valence-electron chi connectivity index (χ4n) is 5.68. The number of benzene rings is 1. The molecule has 1 amide bonds. The summed E-state index contributed by atoms with van der Waals surface area (Å²) in [4.78, 5) is 30.6. The first kappa shape index (κ1) is 20.3. The van der Waals surface area contributed by atoms with Gasteiger partial charge in [-0.3, -0.25) is 19.1 Å². The number of hydrogen-bond acceptors (Lipinski definition) is 3. The van der Waals surface area contributed by atoms with Crippen LogP contribution in [0.15, 0.2) is 42.6 Å². The Bertz CT molecular complexity index is 1100. The summed E-state index contributed by atoms with van der Waals surface area (Å²) in [5.74, 6) is 0.330. The van der Waals surface area contributed by atoms with Crippen molar-refractivity contribution in [2.75, 3.05) is 26.7 Å². The van der Waals surface area contributed by atoms with Gasteiger partial charge in [-0.25, -0.2) is 0 Å². The molecule has 2 aromatic rings. The summed E-state index contributed by atoms with van der Waals surface area (Å²) in [6, 6.07) is 6.53. The highest BCUT2D eigenvalue weighted by Crippen LogP contribution is 2.42. The minimum atomic E-state index is -0.124. The summed E-state index contributed by atoms with van der Waals surface area (Å²) in [6.45, 7) is 6.29. The van der Waals surface area contributed by atoms with Gasteiger partial charge in [-0.05, 0) is 62.9 Å². The van der Waals surface area contributed by atoms with Crippen LogP contribution in [0.5, 0.6) is 0 Å². The molecule has 0 fully saturated rings. The second-order valence-electron chi connectivity index (χ2n) is 9.10. The van der Waals surface area contributed by atoms with E-state index in [9.17, 15) is 9.59 Å². The Morgan fingerprint density at radius 3 is 2.58 bits per heavy atom. The Morgan fingerprint density at radius 2 is 1.87 bits per heavy atom. The average Bonchev–Trinajstić information content (AvgIpc) is 3.44. The maximum atomic E-state index is 13.2. The number of amides is 1. The molecule has 2 atom stereocenters. The SMILES string of the molecule is CCN(CC)C(=O)[C@@H]1C=C2c3cccc4c3c(cn4C(=O)C3CC=CC3)C[C@H]2N(C)C1. The number of carbonyl (C=O) groups is 2. The molecule has 3 aliphatic rings. The molecule has 0 saturated carbocycles. The van der Waals surface area contributed by atoms with E-state index in [-0.39, 0.29) is 29.7 Å². The predicted octanol–water partition coefficient (Wildman–Crippen LogP) is 3.99. The molecule has 1 aromatic carbocycles. The third kappa shape index (κ3) is 3.18. The highest BCUT2D eigenvalue weighted by atomic mass is 16.2. The van der Waals surface area contributed by atoms with Gasteiger partial charge in [0, 0.05) is 43.2 Å². The molecule has 5 nitrogen and oxygen atoms in total. The standard InChI is InChI=1S/C26H31N3O2/c1-4-28(5-2)25(30)19-13-21-20-11-8-12-22-24(20)18(14-23(21)27(3)15-19)16-29(22)26(31)17-9-6-7-10-17/h6-8,11-13,16-17,19,23H,4-5,9-10,14-15H2,1-3H3/t19-,23-/m1/s1. The van der Waals surface area contributed by atoms with E-state index in [0.29, 0.717) is 0 Å². The lowest BCUT2D eigenvalue weighted by Gasteiger charge is -2.40. The Balaban J connectivity index is 1.58. The molecule has 5 rings (SSSR count). The molecule has 0 unspecified atom stereocenters. The first-order chi connectivity index (χ1) is 15.0. The van der Waals surface area contributed by atoms with Gasteiger partial charge in [-0.2, -0.15) is 0 Å². The lowest BCUT2D eigenvalue weighted by Crippen LogP contribution is -2.47. The van der Waals surface area contributed by atoms with Crippen LogP contribution in [0.1, 0.15) is 42.6 Å². The second-order valence-corrected chi connectivity index (χ2v) is 9.10. The third-order valence-electron chi connectivity index (χ3n) is 7.38. The molecule has 0 bridgehead atoms. The number of aromatic nitrogens is 1. The molecular formula is C26H31N3O2. The minimum absolute atomic E-state index is 0.0492. The van der Waals surface area contributed by atoms with Crippen molar-refractivity contribution < 1.29 is 9.59 Å². The fourth-order valence-corrected chi connectivity index (χ4v) is 5.68. The van der Waals surface area contributed by atoms with Crippen molar-refractivity contribution >= 4 is 28.3 Å². The van der Waals surface area contributed by atoms with Crippen LogP contribution in [0.2, 0.25) is 0 Å². The van der Waals surface area contributed by atoms with E-state index in [1.54, 1.807) is 0 Å². The van der Waals surface area contributed by atoms with Gasteiger partial charge in [0.05, 0.1) is 11.4 Å². The zero-order valence-corrected chi connectivity index (χ0v) is 18.7. The molecular weight excluding hydrogens is 386 g/mol. The molecule has 1 aliphatic heterocycles. The summed E-state index contributed by atoms with van der Waals surface area (Å²) < 4.78 is 1.89. The van der Waals surface area contributed by atoms with Crippen LogP contribution in [0.4, 0.5) is 0 Å². The molecule has 0 radical (unpaired) electrons. The lowest BCUT2D eigenvalue weighted by molar-refractivity contribution is -0.134. The normalized spacial score (nSPS) is 23.1. The Morgan fingerprint density at radius 1 is 1.13 bits per heavy atom. The van der Waals surface area contributed by atoms with E-state index in [1.165, 1.54) is 22.1 Å². The van der Waals surface area contributed by atoms with Crippen molar-refractivity contribution in [1.82, 2.24) is 14.4 Å². The molecule has 31 heavy (non-hydrogen) atoms. The largest absolute Gasteiger partial charge is 0.343 e. The molecule has 0 N–H and O–H groups in total. The van der Waals surface area contributed by atoms with Gasteiger partial charge in [-0.15, -0.1) is 0 Å². The fraction of sp³-hybridized carbons (Fsp3) is 0.462. The van der Waals surface area contributed by atoms with Gasteiger partial charge in [0.2, 0.25) is 11.8 Å². The number of hydrogen-bond donors (Lipinski definition) is 0. The number of rotatable bonds is 4. The zero-order chi connectivity index (χ0) is 21.7. The van der Waals surface area contributed by atoms with Crippen LogP contribution in [-0.4, -0.2) is 58.9 Å². The summed E-state index contributed by atoms with van der Waals surface area (Å²) in [5.41, 5.74) is 4.67. The number of carbonyl (C=O) groups excluding carboxylic acids is 2. The first-order valence-corrected chi connectivity index (χ1v) is 11.6. The van der Waals surface area contributed by atoms with Crippen LogP contribution in [0, 0.1) is 11.8 Å². The topological polar surface area (TPSA) is 45.6 Å². The van der Waals surface area contributed by atoms with Crippen molar-refractivity contribution in [3.8, 4) is 0 Å². The maximum absolute atomic E-state index is 13.2. The zero-order valence-electron chi connectivity index (χ0n) is 18.7. The molecule has 5 heteroatoms. The monoisotopic (exact) mass is 417 g/mol.